The van der Waals surface area contributed by atoms with E-state index in [-0.39, 0.29) is 30.5 Å². The second-order valence-corrected chi connectivity index (χ2v) is 18.0. The number of aryl methyl sites for hydroxylation is 1. The fourth-order valence-corrected chi connectivity index (χ4v) is 10.9. The lowest BCUT2D eigenvalue weighted by Gasteiger charge is -2.57. The minimum atomic E-state index is -3.83. The highest BCUT2D eigenvalue weighted by Crippen LogP contribution is 2.60. The number of nitrogens with zero attached hydrogens (tertiary/aromatic N) is 2. The van der Waals surface area contributed by atoms with Gasteiger partial charge in [0.25, 0.3) is 0 Å². The van der Waals surface area contributed by atoms with Gasteiger partial charge in [-0.1, -0.05) is 91.6 Å². The van der Waals surface area contributed by atoms with E-state index < -0.39 is 22.0 Å². The molecule has 1 N–H and O–H groups in total. The smallest absolute Gasteiger partial charge is 0.244 e. The normalized spacial score (nSPS) is 25.2. The quantitative estimate of drug-likeness (QED) is 0.215. The highest BCUT2D eigenvalue weighted by molar-refractivity contribution is 7.92. The van der Waals surface area contributed by atoms with E-state index in [4.69, 9.17) is 0 Å². The maximum atomic E-state index is 14.6. The molecule has 0 radical (unpaired) electrons. The van der Waals surface area contributed by atoms with Crippen LogP contribution >= 0.6 is 0 Å². The number of hydrogen-bond acceptors (Lipinski definition) is 4. The maximum absolute atomic E-state index is 14.6. The fourth-order valence-electron chi connectivity index (χ4n) is 10.0. The van der Waals surface area contributed by atoms with Crippen molar-refractivity contribution in [3.63, 3.8) is 0 Å². The van der Waals surface area contributed by atoms with Gasteiger partial charge in [0.15, 0.2) is 0 Å². The maximum Gasteiger partial charge on any atom is 0.244 e. The topological polar surface area (TPSA) is 86.8 Å². The van der Waals surface area contributed by atoms with Crippen molar-refractivity contribution in [3.05, 3.63) is 101 Å². The minimum Gasteiger partial charge on any atom is -0.352 e. The third-order valence-corrected chi connectivity index (χ3v) is 13.3. The zero-order chi connectivity index (χ0) is 34.9. The van der Waals surface area contributed by atoms with Crippen LogP contribution in [-0.2, 0) is 38.0 Å². The first-order chi connectivity index (χ1) is 24.0. The monoisotopic (exact) mass is 695 g/mol. The van der Waals surface area contributed by atoms with Gasteiger partial charge in [-0.3, -0.25) is 13.9 Å². The summed E-state index contributed by atoms with van der Waals surface area (Å²) in [5.41, 5.74) is 4.92. The van der Waals surface area contributed by atoms with E-state index >= 15 is 0 Å². The van der Waals surface area contributed by atoms with Crippen LogP contribution < -0.4 is 9.62 Å². The predicted octanol–water partition coefficient (Wildman–Crippen LogP) is 7.32. The Labute approximate surface area is 298 Å². The fraction of sp³-hybridized carbons (Fsp3) is 0.524. The Morgan fingerprint density at radius 3 is 1.98 bits per heavy atom. The molecule has 50 heavy (non-hydrogen) atoms. The summed E-state index contributed by atoms with van der Waals surface area (Å²) >= 11 is 0. The SMILES string of the molecule is Cc1ccc(CN(C(=O)CN(c2ccc(C34CC5CC(CC(C5)C3)C4)cc2)S(C)(=O)=O)C(Cc2ccccc2)C(=O)NC2CCCCC2)cc1. The zero-order valence-electron chi connectivity index (χ0n) is 29.7. The molecule has 8 rings (SSSR count). The van der Waals surface area contributed by atoms with Crippen LogP contribution in [0, 0.1) is 24.7 Å². The van der Waals surface area contributed by atoms with Crippen molar-refractivity contribution in [2.24, 2.45) is 17.8 Å². The summed E-state index contributed by atoms with van der Waals surface area (Å²) in [4.78, 5) is 30.4. The summed E-state index contributed by atoms with van der Waals surface area (Å²) < 4.78 is 28.1. The van der Waals surface area contributed by atoms with Crippen LogP contribution in [0.3, 0.4) is 0 Å². The first-order valence-electron chi connectivity index (χ1n) is 18.8. The van der Waals surface area contributed by atoms with Gasteiger partial charge in [0.2, 0.25) is 21.8 Å². The number of amides is 2. The number of nitrogens with one attached hydrogen (secondary N) is 1. The lowest BCUT2D eigenvalue weighted by atomic mass is 9.48. The number of benzene rings is 3. The summed E-state index contributed by atoms with van der Waals surface area (Å²) in [7, 11) is -3.83. The summed E-state index contributed by atoms with van der Waals surface area (Å²) in [6, 6.07) is 25.0. The number of anilines is 1. The second kappa shape index (κ2) is 14.5. The molecular formula is C42H53N3O4S. The van der Waals surface area contributed by atoms with Gasteiger partial charge in [0.1, 0.15) is 12.6 Å². The second-order valence-electron chi connectivity index (χ2n) is 16.1. The van der Waals surface area contributed by atoms with Crippen molar-refractivity contribution in [1.82, 2.24) is 10.2 Å². The molecule has 5 aliphatic rings. The van der Waals surface area contributed by atoms with Crippen LogP contribution in [0.15, 0.2) is 78.9 Å². The highest BCUT2D eigenvalue weighted by atomic mass is 32.2. The molecule has 0 aliphatic heterocycles. The molecule has 2 amide bonds. The molecule has 7 nitrogen and oxygen atoms in total. The predicted molar refractivity (Wildman–Crippen MR) is 199 cm³/mol. The van der Waals surface area contributed by atoms with E-state index in [2.05, 4.69) is 17.4 Å². The van der Waals surface area contributed by atoms with Crippen molar-refractivity contribution in [2.45, 2.75) is 108 Å². The van der Waals surface area contributed by atoms with E-state index in [1.807, 2.05) is 73.7 Å². The van der Waals surface area contributed by atoms with Crippen LogP contribution in [0.4, 0.5) is 5.69 Å². The first-order valence-corrected chi connectivity index (χ1v) is 20.7. The van der Waals surface area contributed by atoms with Gasteiger partial charge in [0.05, 0.1) is 11.9 Å². The van der Waals surface area contributed by atoms with Gasteiger partial charge < -0.3 is 10.2 Å². The zero-order valence-corrected chi connectivity index (χ0v) is 30.5. The molecule has 0 heterocycles. The standard InChI is InChI=1S/C42H53N3O4S/c1-30-13-15-32(16-14-30)28-44(39(24-31-9-5-3-6-10-31)41(47)43-37-11-7-4-8-12-37)40(46)29-45(50(2,48)49)38-19-17-36(18-20-38)42-25-33-21-34(26-42)23-35(22-33)27-42/h3,5-6,9-10,13-20,33-35,37,39H,4,7-8,11-12,21-29H2,1-2H3,(H,43,47). The minimum absolute atomic E-state index is 0.0749. The molecule has 5 saturated carbocycles. The molecule has 0 aromatic heterocycles. The van der Waals surface area contributed by atoms with Crippen LogP contribution in [0.1, 0.15) is 92.9 Å². The Bertz CT molecular complexity index is 1720. The molecule has 0 saturated heterocycles. The largest absolute Gasteiger partial charge is 0.352 e. The van der Waals surface area contributed by atoms with Crippen molar-refractivity contribution < 1.29 is 18.0 Å². The van der Waals surface area contributed by atoms with Crippen LogP contribution in [-0.4, -0.2) is 50.0 Å². The number of hydrogen-bond donors (Lipinski definition) is 1. The van der Waals surface area contributed by atoms with E-state index in [0.717, 1.165) is 66.4 Å². The summed E-state index contributed by atoms with van der Waals surface area (Å²) in [5, 5.41) is 3.28. The van der Waals surface area contributed by atoms with Gasteiger partial charge in [-0.2, -0.15) is 0 Å². The lowest BCUT2D eigenvalue weighted by Crippen LogP contribution is -2.55. The van der Waals surface area contributed by atoms with E-state index in [9.17, 15) is 18.0 Å². The van der Waals surface area contributed by atoms with E-state index in [0.29, 0.717) is 12.1 Å². The first kappa shape index (κ1) is 34.8. The number of sulfonamides is 1. The average molecular weight is 696 g/mol. The number of carbonyl (C=O) groups is 2. The number of rotatable bonds is 12. The highest BCUT2D eigenvalue weighted by Gasteiger charge is 2.51. The molecule has 266 valence electrons. The molecule has 0 spiro atoms. The van der Waals surface area contributed by atoms with Crippen molar-refractivity contribution >= 4 is 27.5 Å². The Kier molecular flexibility index (Phi) is 10.1. The molecule has 5 aliphatic carbocycles. The summed E-state index contributed by atoms with van der Waals surface area (Å²) in [5.74, 6) is 1.84. The molecule has 4 bridgehead atoms. The molecule has 3 aromatic rings. The molecule has 3 aromatic carbocycles. The number of carbonyl (C=O) groups excluding carboxylic acids is 2. The van der Waals surface area contributed by atoms with Gasteiger partial charge in [-0.15, -0.1) is 0 Å². The van der Waals surface area contributed by atoms with Crippen molar-refractivity contribution in [1.29, 1.82) is 0 Å². The molecule has 1 unspecified atom stereocenters. The summed E-state index contributed by atoms with van der Waals surface area (Å²) in [6.45, 7) is 1.82. The molecular weight excluding hydrogens is 643 g/mol. The van der Waals surface area contributed by atoms with Crippen molar-refractivity contribution in [2.75, 3.05) is 17.1 Å². The van der Waals surface area contributed by atoms with Gasteiger partial charge in [-0.25, -0.2) is 8.42 Å². The van der Waals surface area contributed by atoms with Crippen LogP contribution in [0.2, 0.25) is 0 Å². The summed E-state index contributed by atoms with van der Waals surface area (Å²) in [6.07, 6.45) is 14.4. The van der Waals surface area contributed by atoms with Gasteiger partial charge >= 0.3 is 0 Å². The molecule has 1 atom stereocenters. The average Bonchev–Trinajstić information content (AvgIpc) is 3.09. The Morgan fingerprint density at radius 1 is 0.800 bits per heavy atom. The van der Waals surface area contributed by atoms with E-state index in [1.165, 1.54) is 54.8 Å². The molecule has 5 fully saturated rings. The Morgan fingerprint density at radius 2 is 1.40 bits per heavy atom. The lowest BCUT2D eigenvalue weighted by molar-refractivity contribution is -0.140. The van der Waals surface area contributed by atoms with Crippen LogP contribution in [0.5, 0.6) is 0 Å². The Balaban J connectivity index is 1.18. The van der Waals surface area contributed by atoms with Crippen molar-refractivity contribution in [3.8, 4) is 0 Å². The van der Waals surface area contributed by atoms with Crippen LogP contribution in [0.25, 0.3) is 0 Å². The van der Waals surface area contributed by atoms with E-state index in [1.54, 1.807) is 4.90 Å². The van der Waals surface area contributed by atoms with Gasteiger partial charge in [-0.05, 0) is 110 Å². The molecule has 8 heteroatoms. The van der Waals surface area contributed by atoms with Gasteiger partial charge in [0, 0.05) is 19.0 Å². The Hall–Kier alpha value is -3.65. The third-order valence-electron chi connectivity index (χ3n) is 12.2. The third kappa shape index (κ3) is 7.80.